The van der Waals surface area contributed by atoms with Gasteiger partial charge in [-0.2, -0.15) is 0 Å². The van der Waals surface area contributed by atoms with E-state index in [9.17, 15) is 9.59 Å². The van der Waals surface area contributed by atoms with Gasteiger partial charge in [-0.15, -0.1) is 10.2 Å². The van der Waals surface area contributed by atoms with E-state index in [0.717, 1.165) is 6.42 Å². The molecule has 1 heterocycles. The lowest BCUT2D eigenvalue weighted by Crippen LogP contribution is -2.24. The standard InChI is InChI=1S/C13H18N4O3/c1-2-14-12(18)10-5-6-11(17-16-10)15-9-4-3-8(7-9)13(19)20/h5-6,8-9H,2-4,7H2,1H3,(H,14,18)(H,15,17)(H,19,20)/t8-,9+/m1/s1. The molecule has 0 saturated heterocycles. The summed E-state index contributed by atoms with van der Waals surface area (Å²) in [5.41, 5.74) is 0.271. The van der Waals surface area contributed by atoms with Crippen LogP contribution >= 0.6 is 0 Å². The minimum Gasteiger partial charge on any atom is -0.481 e. The van der Waals surface area contributed by atoms with Crippen LogP contribution in [0.1, 0.15) is 36.7 Å². The SMILES string of the molecule is CCNC(=O)c1ccc(N[C@H]2CC[C@@H](C(=O)O)C2)nn1. The molecule has 0 radical (unpaired) electrons. The van der Waals surface area contributed by atoms with Crippen molar-refractivity contribution in [3.8, 4) is 0 Å². The van der Waals surface area contributed by atoms with Gasteiger partial charge in [0.1, 0.15) is 5.82 Å². The highest BCUT2D eigenvalue weighted by Crippen LogP contribution is 2.27. The lowest BCUT2D eigenvalue weighted by molar-refractivity contribution is -0.141. The van der Waals surface area contributed by atoms with Gasteiger partial charge in [0, 0.05) is 12.6 Å². The van der Waals surface area contributed by atoms with Gasteiger partial charge in [-0.1, -0.05) is 0 Å². The van der Waals surface area contributed by atoms with Crippen LogP contribution in [0.3, 0.4) is 0 Å². The van der Waals surface area contributed by atoms with E-state index in [2.05, 4.69) is 20.8 Å². The molecule has 0 spiro atoms. The molecule has 1 saturated carbocycles. The van der Waals surface area contributed by atoms with Gasteiger partial charge in [0.15, 0.2) is 5.69 Å². The van der Waals surface area contributed by atoms with Crippen molar-refractivity contribution in [1.29, 1.82) is 0 Å². The van der Waals surface area contributed by atoms with Crippen molar-refractivity contribution in [2.24, 2.45) is 5.92 Å². The fourth-order valence-electron chi connectivity index (χ4n) is 2.33. The van der Waals surface area contributed by atoms with E-state index in [1.807, 2.05) is 6.92 Å². The lowest BCUT2D eigenvalue weighted by Gasteiger charge is -2.12. The van der Waals surface area contributed by atoms with Gasteiger partial charge < -0.3 is 15.7 Å². The van der Waals surface area contributed by atoms with E-state index in [0.29, 0.717) is 25.2 Å². The first kappa shape index (κ1) is 14.2. The summed E-state index contributed by atoms with van der Waals surface area (Å²) in [7, 11) is 0. The number of nitrogens with zero attached hydrogens (tertiary/aromatic N) is 2. The third-order valence-corrected chi connectivity index (χ3v) is 3.37. The molecule has 7 heteroatoms. The van der Waals surface area contributed by atoms with Crippen LogP contribution in [0, 0.1) is 5.92 Å². The quantitative estimate of drug-likeness (QED) is 0.739. The molecule has 1 amide bonds. The molecule has 108 valence electrons. The summed E-state index contributed by atoms with van der Waals surface area (Å²) in [4.78, 5) is 22.4. The third-order valence-electron chi connectivity index (χ3n) is 3.37. The van der Waals surface area contributed by atoms with Crippen LogP contribution in [0.15, 0.2) is 12.1 Å². The normalized spacial score (nSPS) is 21.4. The predicted molar refractivity (Wildman–Crippen MR) is 72.4 cm³/mol. The highest BCUT2D eigenvalue weighted by molar-refractivity contribution is 5.92. The summed E-state index contributed by atoms with van der Waals surface area (Å²) < 4.78 is 0. The van der Waals surface area contributed by atoms with Crippen LogP contribution in [0.2, 0.25) is 0 Å². The highest BCUT2D eigenvalue weighted by atomic mass is 16.4. The van der Waals surface area contributed by atoms with Crippen LogP contribution < -0.4 is 10.6 Å². The molecule has 7 nitrogen and oxygen atoms in total. The first-order chi connectivity index (χ1) is 9.60. The molecule has 1 aromatic heterocycles. The molecular weight excluding hydrogens is 260 g/mol. The van der Waals surface area contributed by atoms with E-state index < -0.39 is 5.97 Å². The molecule has 1 aliphatic carbocycles. The van der Waals surface area contributed by atoms with Crippen LogP contribution in [0.5, 0.6) is 0 Å². The number of carboxylic acid groups (broad SMARTS) is 1. The predicted octanol–water partition coefficient (Wildman–Crippen LogP) is 0.891. The molecule has 2 atom stereocenters. The van der Waals surface area contributed by atoms with Gasteiger partial charge in [0.25, 0.3) is 5.91 Å². The van der Waals surface area contributed by atoms with Crippen molar-refractivity contribution >= 4 is 17.7 Å². The first-order valence-corrected chi connectivity index (χ1v) is 6.71. The van der Waals surface area contributed by atoms with E-state index in [-0.39, 0.29) is 23.6 Å². The number of rotatable bonds is 5. The molecule has 0 aliphatic heterocycles. The van der Waals surface area contributed by atoms with E-state index in [4.69, 9.17) is 5.11 Å². The number of carbonyl (C=O) groups excluding carboxylic acids is 1. The Morgan fingerprint density at radius 2 is 2.15 bits per heavy atom. The summed E-state index contributed by atoms with van der Waals surface area (Å²) in [6.45, 7) is 2.37. The second kappa shape index (κ2) is 6.31. The Balaban J connectivity index is 1.91. The zero-order chi connectivity index (χ0) is 14.5. The molecule has 3 N–H and O–H groups in total. The average molecular weight is 278 g/mol. The second-order valence-electron chi connectivity index (χ2n) is 4.85. The summed E-state index contributed by atoms with van der Waals surface area (Å²) in [5.74, 6) is -0.713. The fourth-order valence-corrected chi connectivity index (χ4v) is 2.33. The Kier molecular flexibility index (Phi) is 4.49. The molecule has 0 unspecified atom stereocenters. The van der Waals surface area contributed by atoms with Gasteiger partial charge in [-0.25, -0.2) is 0 Å². The second-order valence-corrected chi connectivity index (χ2v) is 4.85. The van der Waals surface area contributed by atoms with Gasteiger partial charge in [0.2, 0.25) is 0 Å². The molecule has 1 fully saturated rings. The van der Waals surface area contributed by atoms with Gasteiger partial charge in [-0.05, 0) is 38.3 Å². The number of carbonyl (C=O) groups is 2. The summed E-state index contributed by atoms with van der Waals surface area (Å²) >= 11 is 0. The number of carboxylic acids is 1. The third kappa shape index (κ3) is 3.43. The summed E-state index contributed by atoms with van der Waals surface area (Å²) in [6.07, 6.45) is 2.07. The number of hydrogen-bond acceptors (Lipinski definition) is 5. The van der Waals surface area contributed by atoms with Gasteiger partial charge in [0.05, 0.1) is 5.92 Å². The van der Waals surface area contributed by atoms with Crippen LogP contribution in [-0.2, 0) is 4.79 Å². The number of hydrogen-bond donors (Lipinski definition) is 3. The molecular formula is C13H18N4O3. The minimum absolute atomic E-state index is 0.0979. The fraction of sp³-hybridized carbons (Fsp3) is 0.538. The molecule has 0 bridgehead atoms. The number of aromatic nitrogens is 2. The van der Waals surface area contributed by atoms with Gasteiger partial charge in [-0.3, -0.25) is 9.59 Å². The Labute approximate surface area is 116 Å². The first-order valence-electron chi connectivity index (χ1n) is 6.71. The van der Waals surface area contributed by atoms with Crippen molar-refractivity contribution < 1.29 is 14.7 Å². The van der Waals surface area contributed by atoms with Crippen molar-refractivity contribution in [1.82, 2.24) is 15.5 Å². The van der Waals surface area contributed by atoms with Crippen molar-refractivity contribution in [2.75, 3.05) is 11.9 Å². The molecule has 2 rings (SSSR count). The topological polar surface area (TPSA) is 104 Å². The number of aliphatic carboxylic acids is 1. The Morgan fingerprint density at radius 3 is 2.70 bits per heavy atom. The number of amides is 1. The molecule has 1 aromatic rings. The maximum absolute atomic E-state index is 11.5. The van der Waals surface area contributed by atoms with E-state index >= 15 is 0 Å². The van der Waals surface area contributed by atoms with Crippen LogP contribution in [0.4, 0.5) is 5.82 Å². The number of anilines is 1. The van der Waals surface area contributed by atoms with Crippen molar-refractivity contribution in [3.63, 3.8) is 0 Å². The lowest BCUT2D eigenvalue weighted by atomic mass is 10.1. The van der Waals surface area contributed by atoms with Crippen molar-refractivity contribution in [2.45, 2.75) is 32.2 Å². The maximum Gasteiger partial charge on any atom is 0.306 e. The molecule has 0 aromatic carbocycles. The Hall–Kier alpha value is -2.18. The Bertz CT molecular complexity index is 489. The highest BCUT2D eigenvalue weighted by Gasteiger charge is 2.29. The van der Waals surface area contributed by atoms with E-state index in [1.165, 1.54) is 0 Å². The average Bonchev–Trinajstić information content (AvgIpc) is 2.88. The monoisotopic (exact) mass is 278 g/mol. The van der Waals surface area contributed by atoms with Gasteiger partial charge >= 0.3 is 5.97 Å². The molecule has 20 heavy (non-hydrogen) atoms. The molecule has 1 aliphatic rings. The minimum atomic E-state index is -0.744. The van der Waals surface area contributed by atoms with E-state index in [1.54, 1.807) is 12.1 Å². The maximum atomic E-state index is 11.5. The zero-order valence-electron chi connectivity index (χ0n) is 11.3. The Morgan fingerprint density at radius 1 is 1.35 bits per heavy atom. The smallest absolute Gasteiger partial charge is 0.306 e. The van der Waals surface area contributed by atoms with Crippen molar-refractivity contribution in [3.05, 3.63) is 17.8 Å². The zero-order valence-corrected chi connectivity index (χ0v) is 11.3. The largest absolute Gasteiger partial charge is 0.481 e. The number of nitrogens with one attached hydrogen (secondary N) is 2. The summed E-state index contributed by atoms with van der Waals surface area (Å²) in [6, 6.07) is 3.39. The van der Waals surface area contributed by atoms with Crippen LogP contribution in [0.25, 0.3) is 0 Å². The van der Waals surface area contributed by atoms with Crippen LogP contribution in [-0.4, -0.2) is 39.8 Å². The summed E-state index contributed by atoms with van der Waals surface area (Å²) in [5, 5.41) is 22.5.